The van der Waals surface area contributed by atoms with Crippen LogP contribution in [-0.4, -0.2) is 21.9 Å². The lowest BCUT2D eigenvalue weighted by Gasteiger charge is -2.15. The zero-order valence-corrected chi connectivity index (χ0v) is 15.2. The van der Waals surface area contributed by atoms with Gasteiger partial charge in [0.05, 0.1) is 23.6 Å². The lowest BCUT2D eigenvalue weighted by molar-refractivity contribution is -0.119. The molecule has 130 valence electrons. The molecule has 1 aromatic carbocycles. The van der Waals surface area contributed by atoms with Crippen molar-refractivity contribution in [3.8, 4) is 11.5 Å². The van der Waals surface area contributed by atoms with E-state index in [1.54, 1.807) is 18.4 Å². The number of halogens is 1. The maximum Gasteiger partial charge on any atom is 0.277 e. The van der Waals surface area contributed by atoms with Crippen LogP contribution in [0.5, 0.6) is 0 Å². The summed E-state index contributed by atoms with van der Waals surface area (Å²) in [6.07, 6.45) is 1.56. The molecule has 0 saturated heterocycles. The monoisotopic (exact) mass is 377 g/mol. The summed E-state index contributed by atoms with van der Waals surface area (Å²) in [6.45, 7) is 3.70. The number of amides is 1. The maximum atomic E-state index is 12.1. The van der Waals surface area contributed by atoms with Crippen LogP contribution in [0.2, 0.25) is 5.02 Å². The minimum absolute atomic E-state index is 0.142. The Morgan fingerprint density at radius 3 is 2.84 bits per heavy atom. The number of nitrogens with zero attached hydrogens (tertiary/aromatic N) is 2. The molecule has 0 aliphatic heterocycles. The van der Waals surface area contributed by atoms with Gasteiger partial charge >= 0.3 is 0 Å². The molecule has 0 radical (unpaired) electrons. The lowest BCUT2D eigenvalue weighted by atomic mass is 10.1. The van der Waals surface area contributed by atoms with Gasteiger partial charge in [0.15, 0.2) is 0 Å². The largest absolute Gasteiger partial charge is 0.469 e. The highest BCUT2D eigenvalue weighted by molar-refractivity contribution is 7.99. The lowest BCUT2D eigenvalue weighted by Crippen LogP contribution is -2.28. The zero-order valence-electron chi connectivity index (χ0n) is 13.7. The molecule has 0 spiro atoms. The number of furan rings is 1. The topological polar surface area (TPSA) is 81.2 Å². The minimum Gasteiger partial charge on any atom is -0.469 e. The second-order valence-corrected chi connectivity index (χ2v) is 6.70. The number of nitrogens with one attached hydrogen (secondary N) is 1. The van der Waals surface area contributed by atoms with E-state index in [0.717, 1.165) is 11.1 Å². The van der Waals surface area contributed by atoms with Gasteiger partial charge in [-0.05, 0) is 31.5 Å². The summed E-state index contributed by atoms with van der Waals surface area (Å²) in [5.41, 5.74) is 1.62. The van der Waals surface area contributed by atoms with E-state index in [9.17, 15) is 4.79 Å². The van der Waals surface area contributed by atoms with Gasteiger partial charge in [0.25, 0.3) is 11.1 Å². The average molecular weight is 378 g/mol. The predicted molar refractivity (Wildman–Crippen MR) is 95.5 cm³/mol. The van der Waals surface area contributed by atoms with Crippen LogP contribution in [-0.2, 0) is 4.79 Å². The standard InChI is InChI=1S/C17H16ClN3O3S/c1-10(12-5-3-4-6-14(12)18)19-15(22)9-25-17-21-20-16(24-17)13-7-8-23-11(13)2/h3-8,10H,9H2,1-2H3,(H,19,22)/t10-/m0/s1. The number of hydrogen-bond donors (Lipinski definition) is 1. The summed E-state index contributed by atoms with van der Waals surface area (Å²) in [5.74, 6) is 1.10. The van der Waals surface area contributed by atoms with Crippen molar-refractivity contribution in [1.82, 2.24) is 15.5 Å². The van der Waals surface area contributed by atoms with E-state index in [4.69, 9.17) is 20.4 Å². The third-order valence-corrected chi connectivity index (χ3v) is 4.73. The summed E-state index contributed by atoms with van der Waals surface area (Å²) in [7, 11) is 0. The molecular weight excluding hydrogens is 362 g/mol. The van der Waals surface area contributed by atoms with Crippen LogP contribution in [0.25, 0.3) is 11.5 Å². The molecule has 0 aliphatic carbocycles. The fourth-order valence-electron chi connectivity index (χ4n) is 2.30. The van der Waals surface area contributed by atoms with Crippen LogP contribution < -0.4 is 5.32 Å². The number of aryl methyl sites for hydroxylation is 1. The molecule has 1 atom stereocenters. The summed E-state index contributed by atoms with van der Waals surface area (Å²) >= 11 is 7.32. The highest BCUT2D eigenvalue weighted by atomic mass is 35.5. The van der Waals surface area contributed by atoms with Crippen molar-refractivity contribution in [2.24, 2.45) is 0 Å². The number of hydrogen-bond acceptors (Lipinski definition) is 6. The summed E-state index contributed by atoms with van der Waals surface area (Å²) < 4.78 is 10.8. The highest BCUT2D eigenvalue weighted by Gasteiger charge is 2.16. The van der Waals surface area contributed by atoms with Gasteiger partial charge in [0, 0.05) is 5.02 Å². The van der Waals surface area contributed by atoms with Gasteiger partial charge in [-0.1, -0.05) is 41.6 Å². The molecule has 2 heterocycles. The third kappa shape index (κ3) is 4.24. The summed E-state index contributed by atoms with van der Waals surface area (Å²) in [6, 6.07) is 9.00. The number of carbonyl (C=O) groups is 1. The zero-order chi connectivity index (χ0) is 17.8. The Kier molecular flexibility index (Phi) is 5.45. The Labute approximate surface area is 154 Å². The average Bonchev–Trinajstić information content (AvgIpc) is 3.21. The Hall–Kier alpha value is -2.25. The molecule has 0 aliphatic rings. The minimum atomic E-state index is -0.186. The first-order valence-corrected chi connectivity index (χ1v) is 8.95. The molecule has 2 aromatic heterocycles. The van der Waals surface area contributed by atoms with E-state index in [1.165, 1.54) is 11.8 Å². The van der Waals surface area contributed by atoms with E-state index in [2.05, 4.69) is 15.5 Å². The van der Waals surface area contributed by atoms with E-state index < -0.39 is 0 Å². The molecule has 0 fully saturated rings. The van der Waals surface area contributed by atoms with Crippen LogP contribution in [0.1, 0.15) is 24.3 Å². The quantitative estimate of drug-likeness (QED) is 0.646. The van der Waals surface area contributed by atoms with E-state index in [0.29, 0.717) is 21.9 Å². The number of carbonyl (C=O) groups excluding carboxylic acids is 1. The van der Waals surface area contributed by atoms with Gasteiger partial charge in [0.1, 0.15) is 5.76 Å². The maximum absolute atomic E-state index is 12.1. The van der Waals surface area contributed by atoms with Crippen LogP contribution in [0.4, 0.5) is 0 Å². The molecule has 0 saturated carbocycles. The van der Waals surface area contributed by atoms with Crippen molar-refractivity contribution < 1.29 is 13.6 Å². The normalized spacial score (nSPS) is 12.1. The van der Waals surface area contributed by atoms with Crippen molar-refractivity contribution in [2.75, 3.05) is 5.75 Å². The fourth-order valence-corrected chi connectivity index (χ4v) is 3.17. The van der Waals surface area contributed by atoms with Crippen LogP contribution >= 0.6 is 23.4 Å². The van der Waals surface area contributed by atoms with Crippen molar-refractivity contribution in [2.45, 2.75) is 25.1 Å². The second-order valence-electron chi connectivity index (χ2n) is 5.36. The molecule has 0 unspecified atom stereocenters. The van der Waals surface area contributed by atoms with Crippen molar-refractivity contribution >= 4 is 29.3 Å². The second kappa shape index (κ2) is 7.76. The molecule has 3 aromatic rings. The summed E-state index contributed by atoms with van der Waals surface area (Å²) in [4.78, 5) is 12.1. The highest BCUT2D eigenvalue weighted by Crippen LogP contribution is 2.26. The van der Waals surface area contributed by atoms with E-state index >= 15 is 0 Å². The van der Waals surface area contributed by atoms with Gasteiger partial charge in [-0.25, -0.2) is 0 Å². The molecule has 25 heavy (non-hydrogen) atoms. The molecule has 8 heteroatoms. The fraction of sp³-hybridized carbons (Fsp3) is 0.235. The van der Waals surface area contributed by atoms with Crippen LogP contribution in [0.3, 0.4) is 0 Å². The van der Waals surface area contributed by atoms with Gasteiger partial charge in [-0.3, -0.25) is 4.79 Å². The van der Waals surface area contributed by atoms with E-state index in [-0.39, 0.29) is 17.7 Å². The van der Waals surface area contributed by atoms with E-state index in [1.807, 2.05) is 32.0 Å². The van der Waals surface area contributed by atoms with Gasteiger partial charge in [-0.15, -0.1) is 10.2 Å². The van der Waals surface area contributed by atoms with Crippen LogP contribution in [0, 0.1) is 6.92 Å². The number of benzene rings is 1. The van der Waals surface area contributed by atoms with Gasteiger partial charge in [0.2, 0.25) is 5.91 Å². The van der Waals surface area contributed by atoms with Crippen molar-refractivity contribution in [3.05, 3.63) is 52.9 Å². The Balaban J connectivity index is 1.55. The first-order chi connectivity index (χ1) is 12.0. The smallest absolute Gasteiger partial charge is 0.277 e. The number of aromatic nitrogens is 2. The molecule has 0 bridgehead atoms. The predicted octanol–water partition coefficient (Wildman–Crippen LogP) is 4.26. The molecule has 1 amide bonds. The van der Waals surface area contributed by atoms with Gasteiger partial charge in [-0.2, -0.15) is 0 Å². The number of rotatable bonds is 6. The molecule has 1 N–H and O–H groups in total. The third-order valence-electron chi connectivity index (χ3n) is 3.57. The Morgan fingerprint density at radius 2 is 2.12 bits per heavy atom. The Morgan fingerprint density at radius 1 is 1.32 bits per heavy atom. The first-order valence-electron chi connectivity index (χ1n) is 7.59. The molecule has 3 rings (SSSR count). The van der Waals surface area contributed by atoms with Crippen molar-refractivity contribution in [1.29, 1.82) is 0 Å². The number of thioether (sulfide) groups is 1. The van der Waals surface area contributed by atoms with Gasteiger partial charge < -0.3 is 14.2 Å². The first kappa shape index (κ1) is 17.6. The summed E-state index contributed by atoms with van der Waals surface area (Å²) in [5, 5.41) is 11.8. The molecule has 6 nitrogen and oxygen atoms in total. The molecular formula is C17H16ClN3O3S. The van der Waals surface area contributed by atoms with Crippen LogP contribution in [0.15, 0.2) is 50.7 Å². The van der Waals surface area contributed by atoms with Crippen molar-refractivity contribution in [3.63, 3.8) is 0 Å². The Bertz CT molecular complexity index is 877. The SMILES string of the molecule is Cc1occc1-c1nnc(SCC(=O)N[C@@H](C)c2ccccc2Cl)o1.